The van der Waals surface area contributed by atoms with E-state index in [4.69, 9.17) is 0 Å². The summed E-state index contributed by atoms with van der Waals surface area (Å²) in [5, 5.41) is 12.3. The van der Waals surface area contributed by atoms with E-state index < -0.39 is 0 Å². The third kappa shape index (κ3) is 4.23. The molecule has 0 unspecified atom stereocenters. The molecule has 0 spiro atoms. The maximum absolute atomic E-state index is 12.3. The van der Waals surface area contributed by atoms with Crippen LogP contribution in [0.5, 0.6) is 5.75 Å². The number of hydrogen-bond donors (Lipinski definition) is 2. The number of rotatable bonds is 5. The molecule has 0 saturated heterocycles. The molecular weight excluding hydrogens is 280 g/mol. The standard InChI is InChI=1S/C17H24N2O3/c1-19(2)16(22)12-17(8-3-4-9-17)11-15(21)18-13-6-5-7-14(20)10-13/h5-7,10,20H,3-4,8-9,11-12H2,1-2H3,(H,18,21). The van der Waals surface area contributed by atoms with Crippen molar-refractivity contribution >= 4 is 17.5 Å². The first kappa shape index (κ1) is 16.3. The number of anilines is 1. The summed E-state index contributed by atoms with van der Waals surface area (Å²) in [5.74, 6) is 0.0993. The Labute approximate surface area is 131 Å². The predicted octanol–water partition coefficient (Wildman–Crippen LogP) is 2.76. The number of nitrogens with zero attached hydrogens (tertiary/aromatic N) is 1. The molecule has 2 N–H and O–H groups in total. The van der Waals surface area contributed by atoms with E-state index in [2.05, 4.69) is 5.32 Å². The van der Waals surface area contributed by atoms with Gasteiger partial charge in [0.05, 0.1) is 0 Å². The molecule has 1 saturated carbocycles. The smallest absolute Gasteiger partial charge is 0.224 e. The van der Waals surface area contributed by atoms with Crippen molar-refractivity contribution in [3.8, 4) is 5.75 Å². The molecule has 1 aromatic rings. The normalized spacial score (nSPS) is 16.3. The van der Waals surface area contributed by atoms with Gasteiger partial charge in [-0.05, 0) is 30.4 Å². The first-order chi connectivity index (χ1) is 10.4. The summed E-state index contributed by atoms with van der Waals surface area (Å²) >= 11 is 0. The summed E-state index contributed by atoms with van der Waals surface area (Å²) in [7, 11) is 3.50. The van der Waals surface area contributed by atoms with Gasteiger partial charge in [-0.3, -0.25) is 9.59 Å². The first-order valence-electron chi connectivity index (χ1n) is 7.69. The van der Waals surface area contributed by atoms with E-state index in [1.165, 1.54) is 6.07 Å². The highest BCUT2D eigenvalue weighted by atomic mass is 16.3. The number of carbonyl (C=O) groups is 2. The first-order valence-corrected chi connectivity index (χ1v) is 7.69. The number of phenols is 1. The Balaban J connectivity index is 2.01. The van der Waals surface area contributed by atoms with Gasteiger partial charge in [-0.1, -0.05) is 18.9 Å². The molecule has 0 radical (unpaired) electrons. The van der Waals surface area contributed by atoms with Gasteiger partial charge in [0.25, 0.3) is 0 Å². The van der Waals surface area contributed by atoms with Gasteiger partial charge in [-0.2, -0.15) is 0 Å². The van der Waals surface area contributed by atoms with Gasteiger partial charge in [0, 0.05) is 38.7 Å². The van der Waals surface area contributed by atoms with Crippen LogP contribution in [0.4, 0.5) is 5.69 Å². The number of benzene rings is 1. The second-order valence-electron chi connectivity index (χ2n) is 6.45. The Hall–Kier alpha value is -2.04. The molecule has 1 fully saturated rings. The summed E-state index contributed by atoms with van der Waals surface area (Å²) in [6.07, 6.45) is 4.75. The lowest BCUT2D eigenvalue weighted by Gasteiger charge is -2.29. The average molecular weight is 304 g/mol. The van der Waals surface area contributed by atoms with Gasteiger partial charge < -0.3 is 15.3 Å². The van der Waals surface area contributed by atoms with Gasteiger partial charge >= 0.3 is 0 Å². The Morgan fingerprint density at radius 1 is 1.23 bits per heavy atom. The van der Waals surface area contributed by atoms with Crippen molar-refractivity contribution in [2.75, 3.05) is 19.4 Å². The van der Waals surface area contributed by atoms with Crippen molar-refractivity contribution < 1.29 is 14.7 Å². The molecule has 0 aliphatic heterocycles. The molecule has 0 bridgehead atoms. The maximum atomic E-state index is 12.3. The fourth-order valence-electron chi connectivity index (χ4n) is 3.15. The molecule has 0 aromatic heterocycles. The lowest BCUT2D eigenvalue weighted by Crippen LogP contribution is -2.32. The van der Waals surface area contributed by atoms with Crippen molar-refractivity contribution in [1.82, 2.24) is 4.90 Å². The maximum Gasteiger partial charge on any atom is 0.224 e. The molecule has 22 heavy (non-hydrogen) atoms. The minimum Gasteiger partial charge on any atom is -0.508 e. The highest BCUT2D eigenvalue weighted by Crippen LogP contribution is 2.44. The third-order valence-corrected chi connectivity index (χ3v) is 4.35. The summed E-state index contributed by atoms with van der Waals surface area (Å²) in [6.45, 7) is 0. The summed E-state index contributed by atoms with van der Waals surface area (Å²) < 4.78 is 0. The number of carbonyl (C=O) groups excluding carboxylic acids is 2. The zero-order valence-electron chi connectivity index (χ0n) is 13.3. The molecule has 5 nitrogen and oxygen atoms in total. The van der Waals surface area contributed by atoms with Gasteiger partial charge in [0.15, 0.2) is 0 Å². The number of aromatic hydroxyl groups is 1. The van der Waals surface area contributed by atoms with E-state index in [1.54, 1.807) is 37.2 Å². The number of amides is 2. The topological polar surface area (TPSA) is 69.6 Å². The zero-order chi connectivity index (χ0) is 16.2. The third-order valence-electron chi connectivity index (χ3n) is 4.35. The van der Waals surface area contributed by atoms with Crippen LogP contribution in [0.3, 0.4) is 0 Å². The quantitative estimate of drug-likeness (QED) is 0.879. The van der Waals surface area contributed by atoms with E-state index >= 15 is 0 Å². The van der Waals surface area contributed by atoms with E-state index in [1.807, 2.05) is 0 Å². The van der Waals surface area contributed by atoms with Crippen LogP contribution in [0.1, 0.15) is 38.5 Å². The minimum atomic E-state index is -0.220. The van der Waals surface area contributed by atoms with Crippen molar-refractivity contribution in [3.05, 3.63) is 24.3 Å². The fraction of sp³-hybridized carbons (Fsp3) is 0.529. The summed E-state index contributed by atoms with van der Waals surface area (Å²) in [5.41, 5.74) is 0.361. The minimum absolute atomic E-state index is 0.0760. The van der Waals surface area contributed by atoms with Crippen molar-refractivity contribution in [3.63, 3.8) is 0 Å². The van der Waals surface area contributed by atoms with E-state index in [0.717, 1.165) is 25.7 Å². The molecule has 1 aliphatic rings. The van der Waals surface area contributed by atoms with E-state index in [9.17, 15) is 14.7 Å². The second-order valence-corrected chi connectivity index (χ2v) is 6.45. The SMILES string of the molecule is CN(C)C(=O)CC1(CC(=O)Nc2cccc(O)c2)CCCC1. The molecule has 0 heterocycles. The van der Waals surface area contributed by atoms with Crippen LogP contribution in [0.25, 0.3) is 0 Å². The van der Waals surface area contributed by atoms with Crippen LogP contribution in [0, 0.1) is 5.41 Å². The van der Waals surface area contributed by atoms with Crippen LogP contribution in [0.15, 0.2) is 24.3 Å². The van der Waals surface area contributed by atoms with Gasteiger partial charge in [0.2, 0.25) is 11.8 Å². The highest BCUT2D eigenvalue weighted by molar-refractivity contribution is 5.91. The van der Waals surface area contributed by atoms with Gasteiger partial charge in [-0.25, -0.2) is 0 Å². The monoisotopic (exact) mass is 304 g/mol. The molecule has 5 heteroatoms. The summed E-state index contributed by atoms with van der Waals surface area (Å²) in [6, 6.07) is 6.50. The molecule has 2 amide bonds. The van der Waals surface area contributed by atoms with Crippen LogP contribution < -0.4 is 5.32 Å². The van der Waals surface area contributed by atoms with Crippen LogP contribution in [0.2, 0.25) is 0 Å². The fourth-order valence-corrected chi connectivity index (χ4v) is 3.15. The Morgan fingerprint density at radius 3 is 2.50 bits per heavy atom. The Kier molecular flexibility index (Phi) is 5.06. The Morgan fingerprint density at radius 2 is 1.91 bits per heavy atom. The number of hydrogen-bond acceptors (Lipinski definition) is 3. The van der Waals surface area contributed by atoms with Crippen molar-refractivity contribution in [2.45, 2.75) is 38.5 Å². The van der Waals surface area contributed by atoms with E-state index in [-0.39, 0.29) is 23.0 Å². The van der Waals surface area contributed by atoms with E-state index in [0.29, 0.717) is 18.5 Å². The lowest BCUT2D eigenvalue weighted by atomic mass is 9.78. The van der Waals surface area contributed by atoms with Crippen molar-refractivity contribution in [1.29, 1.82) is 0 Å². The molecular formula is C17H24N2O3. The molecule has 120 valence electrons. The highest BCUT2D eigenvalue weighted by Gasteiger charge is 2.38. The van der Waals surface area contributed by atoms with Crippen LogP contribution in [-0.4, -0.2) is 35.9 Å². The molecule has 1 aromatic carbocycles. The number of nitrogens with one attached hydrogen (secondary N) is 1. The molecule has 1 aliphatic carbocycles. The van der Waals surface area contributed by atoms with Gasteiger partial charge in [-0.15, -0.1) is 0 Å². The largest absolute Gasteiger partial charge is 0.508 e. The van der Waals surface area contributed by atoms with Gasteiger partial charge in [0.1, 0.15) is 5.75 Å². The van der Waals surface area contributed by atoms with Crippen molar-refractivity contribution in [2.24, 2.45) is 5.41 Å². The number of phenolic OH excluding ortho intramolecular Hbond substituents is 1. The molecule has 0 atom stereocenters. The Bertz CT molecular complexity index is 549. The lowest BCUT2D eigenvalue weighted by molar-refractivity contribution is -0.131. The van der Waals surface area contributed by atoms with Crippen LogP contribution in [-0.2, 0) is 9.59 Å². The second kappa shape index (κ2) is 6.81. The zero-order valence-corrected chi connectivity index (χ0v) is 13.3. The summed E-state index contributed by atoms with van der Waals surface area (Å²) in [4.78, 5) is 26.0. The average Bonchev–Trinajstić information content (AvgIpc) is 2.86. The predicted molar refractivity (Wildman–Crippen MR) is 85.6 cm³/mol. The van der Waals surface area contributed by atoms with Crippen LogP contribution >= 0.6 is 0 Å². The molecule has 2 rings (SSSR count).